The van der Waals surface area contributed by atoms with Crippen LogP contribution in [0.5, 0.6) is 0 Å². The zero-order valence-corrected chi connectivity index (χ0v) is 6.46. The molecule has 1 aromatic carbocycles. The molecule has 1 saturated carbocycles. The number of hydrogen-bond donors (Lipinski definition) is 1. The fraction of sp³-hybridized carbons (Fsp3) is 0.400. The van der Waals surface area contributed by atoms with Crippen LogP contribution in [0.25, 0.3) is 0 Å². The Balaban J connectivity index is 2.34. The van der Waals surface area contributed by atoms with Crippen LogP contribution in [0.3, 0.4) is 0 Å². The number of hydrogen-bond acceptors (Lipinski definition) is 1. The van der Waals surface area contributed by atoms with Gasteiger partial charge in [-0.25, -0.2) is 0 Å². The minimum Gasteiger partial charge on any atom is -0.392 e. The summed E-state index contributed by atoms with van der Waals surface area (Å²) in [5, 5.41) is 9.00. The lowest BCUT2D eigenvalue weighted by Gasteiger charge is -2.03. The van der Waals surface area contributed by atoms with E-state index in [0.717, 1.165) is 11.5 Å². The number of rotatable bonds is 2. The second kappa shape index (κ2) is 2.67. The fourth-order valence-electron chi connectivity index (χ4n) is 1.47. The molecule has 1 fully saturated rings. The molecule has 0 spiro atoms. The van der Waals surface area contributed by atoms with E-state index in [-0.39, 0.29) is 6.61 Å². The molecule has 1 aliphatic rings. The van der Waals surface area contributed by atoms with Crippen LogP contribution in [-0.4, -0.2) is 5.11 Å². The van der Waals surface area contributed by atoms with Gasteiger partial charge in [-0.2, -0.15) is 0 Å². The van der Waals surface area contributed by atoms with Crippen molar-refractivity contribution in [2.24, 2.45) is 0 Å². The van der Waals surface area contributed by atoms with Gasteiger partial charge in [0.25, 0.3) is 0 Å². The summed E-state index contributed by atoms with van der Waals surface area (Å²) in [6.45, 7) is 0.187. The molecule has 0 saturated heterocycles. The molecule has 0 aromatic heterocycles. The molecule has 2 rings (SSSR count). The van der Waals surface area contributed by atoms with Crippen molar-refractivity contribution < 1.29 is 5.11 Å². The summed E-state index contributed by atoms with van der Waals surface area (Å²) in [7, 11) is 0. The van der Waals surface area contributed by atoms with E-state index in [2.05, 4.69) is 6.07 Å². The molecular formula is C10H12O. The van der Waals surface area contributed by atoms with E-state index < -0.39 is 0 Å². The molecule has 0 bridgehead atoms. The Hall–Kier alpha value is -0.820. The zero-order valence-electron chi connectivity index (χ0n) is 6.46. The maximum Gasteiger partial charge on any atom is 0.0684 e. The quantitative estimate of drug-likeness (QED) is 0.680. The maximum atomic E-state index is 9.00. The van der Waals surface area contributed by atoms with E-state index >= 15 is 0 Å². The van der Waals surface area contributed by atoms with E-state index in [4.69, 9.17) is 5.11 Å². The van der Waals surface area contributed by atoms with Gasteiger partial charge in [0.05, 0.1) is 6.61 Å². The van der Waals surface area contributed by atoms with Crippen LogP contribution in [0, 0.1) is 0 Å². The van der Waals surface area contributed by atoms with Crippen molar-refractivity contribution in [3.63, 3.8) is 0 Å². The van der Waals surface area contributed by atoms with Gasteiger partial charge in [0, 0.05) is 0 Å². The molecule has 1 aromatic rings. The molecule has 0 aliphatic heterocycles. The highest BCUT2D eigenvalue weighted by molar-refractivity contribution is 5.32. The van der Waals surface area contributed by atoms with Crippen LogP contribution in [0.15, 0.2) is 24.3 Å². The third-order valence-electron chi connectivity index (χ3n) is 2.24. The van der Waals surface area contributed by atoms with E-state index in [1.807, 2.05) is 18.2 Å². The van der Waals surface area contributed by atoms with Crippen LogP contribution in [0.1, 0.15) is 29.9 Å². The van der Waals surface area contributed by atoms with E-state index in [1.165, 1.54) is 18.4 Å². The van der Waals surface area contributed by atoms with Crippen molar-refractivity contribution >= 4 is 0 Å². The summed E-state index contributed by atoms with van der Waals surface area (Å²) in [6.07, 6.45) is 2.61. The van der Waals surface area contributed by atoms with E-state index in [1.54, 1.807) is 0 Å². The second-order valence-electron chi connectivity index (χ2n) is 3.13. The van der Waals surface area contributed by atoms with Crippen LogP contribution < -0.4 is 0 Å². The molecule has 0 atom stereocenters. The van der Waals surface area contributed by atoms with Gasteiger partial charge in [-0.15, -0.1) is 0 Å². The van der Waals surface area contributed by atoms with Crippen LogP contribution in [0.4, 0.5) is 0 Å². The molecular weight excluding hydrogens is 136 g/mol. The smallest absolute Gasteiger partial charge is 0.0684 e. The third kappa shape index (κ3) is 1.29. The van der Waals surface area contributed by atoms with E-state index in [9.17, 15) is 0 Å². The van der Waals surface area contributed by atoms with Gasteiger partial charge in [-0.3, -0.25) is 0 Å². The molecule has 0 radical (unpaired) electrons. The Morgan fingerprint density at radius 3 is 2.64 bits per heavy atom. The molecule has 0 heterocycles. The van der Waals surface area contributed by atoms with Gasteiger partial charge in [-0.05, 0) is 29.9 Å². The Labute approximate surface area is 66.7 Å². The lowest BCUT2D eigenvalue weighted by atomic mass is 10.0. The van der Waals surface area contributed by atoms with Gasteiger partial charge < -0.3 is 5.11 Å². The summed E-state index contributed by atoms with van der Waals surface area (Å²) in [4.78, 5) is 0. The minimum absolute atomic E-state index is 0.187. The first-order chi connectivity index (χ1) is 5.42. The van der Waals surface area contributed by atoms with Crippen molar-refractivity contribution in [1.29, 1.82) is 0 Å². The standard InChI is InChI=1S/C10H12O/c11-7-9-3-1-2-4-10(9)8-5-6-8/h1-4,8,11H,5-7H2. The molecule has 0 amide bonds. The highest BCUT2D eigenvalue weighted by Crippen LogP contribution is 2.41. The average Bonchev–Trinajstić information content (AvgIpc) is 2.87. The topological polar surface area (TPSA) is 20.2 Å². The van der Waals surface area contributed by atoms with Gasteiger partial charge in [0.15, 0.2) is 0 Å². The van der Waals surface area contributed by atoms with Crippen molar-refractivity contribution in [3.05, 3.63) is 35.4 Å². The maximum absolute atomic E-state index is 9.00. The molecule has 0 unspecified atom stereocenters. The molecule has 1 N–H and O–H groups in total. The Kier molecular flexibility index (Phi) is 1.66. The van der Waals surface area contributed by atoms with Crippen LogP contribution >= 0.6 is 0 Å². The van der Waals surface area contributed by atoms with Crippen LogP contribution in [-0.2, 0) is 6.61 Å². The Morgan fingerprint density at radius 1 is 1.27 bits per heavy atom. The number of aliphatic hydroxyl groups excluding tert-OH is 1. The first-order valence-corrected chi connectivity index (χ1v) is 4.10. The third-order valence-corrected chi connectivity index (χ3v) is 2.24. The minimum atomic E-state index is 0.187. The number of aliphatic hydroxyl groups is 1. The monoisotopic (exact) mass is 148 g/mol. The van der Waals surface area contributed by atoms with Crippen molar-refractivity contribution in [1.82, 2.24) is 0 Å². The Morgan fingerprint density at radius 2 is 2.00 bits per heavy atom. The summed E-state index contributed by atoms with van der Waals surface area (Å²) in [5.74, 6) is 0.748. The highest BCUT2D eigenvalue weighted by atomic mass is 16.3. The van der Waals surface area contributed by atoms with E-state index in [0.29, 0.717) is 0 Å². The van der Waals surface area contributed by atoms with Crippen molar-refractivity contribution in [3.8, 4) is 0 Å². The SMILES string of the molecule is OCc1ccccc1C1CC1. The first-order valence-electron chi connectivity index (χ1n) is 4.10. The largest absolute Gasteiger partial charge is 0.392 e. The van der Waals surface area contributed by atoms with Crippen molar-refractivity contribution in [2.75, 3.05) is 0 Å². The normalized spacial score (nSPS) is 16.8. The predicted molar refractivity (Wildman–Crippen MR) is 44.3 cm³/mol. The molecule has 58 valence electrons. The zero-order chi connectivity index (χ0) is 7.68. The fourth-order valence-corrected chi connectivity index (χ4v) is 1.47. The Bertz CT molecular complexity index is 251. The summed E-state index contributed by atoms with van der Waals surface area (Å²) in [6, 6.07) is 8.17. The molecule has 1 nitrogen and oxygen atoms in total. The summed E-state index contributed by atoms with van der Waals surface area (Å²) >= 11 is 0. The lowest BCUT2D eigenvalue weighted by Crippen LogP contribution is -1.90. The lowest BCUT2D eigenvalue weighted by molar-refractivity contribution is 0.280. The molecule has 1 aliphatic carbocycles. The second-order valence-corrected chi connectivity index (χ2v) is 3.13. The first kappa shape index (κ1) is 6.86. The average molecular weight is 148 g/mol. The van der Waals surface area contributed by atoms with Crippen molar-refractivity contribution in [2.45, 2.75) is 25.4 Å². The van der Waals surface area contributed by atoms with Gasteiger partial charge in [0.1, 0.15) is 0 Å². The molecule has 11 heavy (non-hydrogen) atoms. The number of benzene rings is 1. The molecule has 1 heteroatoms. The predicted octanol–water partition coefficient (Wildman–Crippen LogP) is 2.06. The highest BCUT2D eigenvalue weighted by Gasteiger charge is 2.24. The summed E-state index contributed by atoms with van der Waals surface area (Å²) < 4.78 is 0. The van der Waals surface area contributed by atoms with Gasteiger partial charge >= 0.3 is 0 Å². The van der Waals surface area contributed by atoms with Gasteiger partial charge in [0.2, 0.25) is 0 Å². The van der Waals surface area contributed by atoms with Gasteiger partial charge in [-0.1, -0.05) is 24.3 Å². The summed E-state index contributed by atoms with van der Waals surface area (Å²) in [5.41, 5.74) is 2.46. The van der Waals surface area contributed by atoms with Crippen LogP contribution in [0.2, 0.25) is 0 Å².